The minimum absolute atomic E-state index is 0.0265. The molecule has 1 heterocycles. The number of anilines is 1. The van der Waals surface area contributed by atoms with Gasteiger partial charge in [-0.1, -0.05) is 43.2 Å². The predicted molar refractivity (Wildman–Crippen MR) is 126 cm³/mol. The SMILES string of the molecule is CCOc1cc(C(=O)Nc2nnc(Cc3ccc(C(C)C)cc3)o2)cc(OCC)c1OCC. The monoisotopic (exact) mass is 453 g/mol. The summed E-state index contributed by atoms with van der Waals surface area (Å²) < 4.78 is 22.7. The molecule has 0 fully saturated rings. The van der Waals surface area contributed by atoms with Crippen molar-refractivity contribution in [2.45, 2.75) is 47.0 Å². The van der Waals surface area contributed by atoms with Crippen molar-refractivity contribution in [2.75, 3.05) is 25.1 Å². The first-order valence-corrected chi connectivity index (χ1v) is 11.2. The fraction of sp³-hybridized carbons (Fsp3) is 0.400. The van der Waals surface area contributed by atoms with Gasteiger partial charge in [0.1, 0.15) is 0 Å². The minimum Gasteiger partial charge on any atom is -0.490 e. The number of ether oxygens (including phenoxy) is 3. The lowest BCUT2D eigenvalue weighted by molar-refractivity contribution is 0.102. The highest BCUT2D eigenvalue weighted by Gasteiger charge is 2.20. The lowest BCUT2D eigenvalue weighted by atomic mass is 10.0. The number of amides is 1. The van der Waals surface area contributed by atoms with E-state index in [1.165, 1.54) is 5.56 Å². The van der Waals surface area contributed by atoms with E-state index in [4.69, 9.17) is 18.6 Å². The van der Waals surface area contributed by atoms with Crippen LogP contribution in [-0.2, 0) is 6.42 Å². The van der Waals surface area contributed by atoms with E-state index >= 15 is 0 Å². The number of aromatic nitrogens is 2. The molecular formula is C25H31N3O5. The topological polar surface area (TPSA) is 95.7 Å². The number of carbonyl (C=O) groups is 1. The van der Waals surface area contributed by atoms with Crippen LogP contribution in [0.5, 0.6) is 17.2 Å². The van der Waals surface area contributed by atoms with Crippen molar-refractivity contribution in [3.8, 4) is 17.2 Å². The first-order valence-electron chi connectivity index (χ1n) is 11.2. The summed E-state index contributed by atoms with van der Waals surface area (Å²) in [4.78, 5) is 12.9. The zero-order valence-electron chi connectivity index (χ0n) is 19.8. The molecule has 0 aliphatic carbocycles. The van der Waals surface area contributed by atoms with Crippen LogP contribution in [0.3, 0.4) is 0 Å². The zero-order chi connectivity index (χ0) is 23.8. The second-order valence-electron chi connectivity index (χ2n) is 7.63. The molecule has 3 rings (SSSR count). The van der Waals surface area contributed by atoms with E-state index in [2.05, 4.69) is 41.5 Å². The van der Waals surface area contributed by atoms with Crippen LogP contribution in [0.4, 0.5) is 6.01 Å². The third kappa shape index (κ3) is 6.25. The molecule has 0 saturated heterocycles. The second-order valence-corrected chi connectivity index (χ2v) is 7.63. The normalized spacial score (nSPS) is 10.8. The second kappa shape index (κ2) is 11.4. The fourth-order valence-electron chi connectivity index (χ4n) is 3.26. The highest BCUT2D eigenvalue weighted by Crippen LogP contribution is 2.39. The van der Waals surface area contributed by atoms with Gasteiger partial charge in [-0.3, -0.25) is 10.1 Å². The van der Waals surface area contributed by atoms with Crippen LogP contribution in [0, 0.1) is 0 Å². The summed E-state index contributed by atoms with van der Waals surface area (Å²) in [5, 5.41) is 10.6. The molecule has 2 aromatic carbocycles. The molecule has 1 amide bonds. The van der Waals surface area contributed by atoms with Crippen molar-refractivity contribution in [1.82, 2.24) is 10.2 Å². The minimum atomic E-state index is -0.420. The van der Waals surface area contributed by atoms with Crippen molar-refractivity contribution < 1.29 is 23.4 Å². The molecule has 0 atom stereocenters. The van der Waals surface area contributed by atoms with Crippen LogP contribution >= 0.6 is 0 Å². The standard InChI is InChI=1S/C25H31N3O5/c1-6-30-20-14-19(15-21(31-7-2)23(20)32-8-3)24(29)26-25-28-27-22(33-25)13-17-9-11-18(12-10-17)16(4)5/h9-12,14-16H,6-8,13H2,1-5H3,(H,26,28,29). The molecule has 33 heavy (non-hydrogen) atoms. The molecular weight excluding hydrogens is 422 g/mol. The highest BCUT2D eigenvalue weighted by molar-refractivity contribution is 6.04. The third-order valence-electron chi connectivity index (χ3n) is 4.86. The number of benzene rings is 2. The van der Waals surface area contributed by atoms with Crippen molar-refractivity contribution in [3.63, 3.8) is 0 Å². The maximum Gasteiger partial charge on any atom is 0.322 e. The van der Waals surface area contributed by atoms with E-state index in [1.807, 2.05) is 32.9 Å². The maximum atomic E-state index is 12.9. The smallest absolute Gasteiger partial charge is 0.322 e. The van der Waals surface area contributed by atoms with Crippen LogP contribution < -0.4 is 19.5 Å². The van der Waals surface area contributed by atoms with Gasteiger partial charge in [-0.15, -0.1) is 5.10 Å². The van der Waals surface area contributed by atoms with Crippen LogP contribution in [0.15, 0.2) is 40.8 Å². The highest BCUT2D eigenvalue weighted by atomic mass is 16.5. The molecule has 1 N–H and O–H groups in total. The Morgan fingerprint density at radius 2 is 1.55 bits per heavy atom. The Labute approximate surface area is 194 Å². The van der Waals surface area contributed by atoms with Gasteiger partial charge in [0, 0.05) is 5.56 Å². The summed E-state index contributed by atoms with van der Waals surface area (Å²) >= 11 is 0. The molecule has 8 nitrogen and oxygen atoms in total. The van der Waals surface area contributed by atoms with E-state index in [-0.39, 0.29) is 6.01 Å². The van der Waals surface area contributed by atoms with Crippen LogP contribution in [0.2, 0.25) is 0 Å². The molecule has 0 bridgehead atoms. The van der Waals surface area contributed by atoms with Gasteiger partial charge in [0.2, 0.25) is 11.6 Å². The third-order valence-corrected chi connectivity index (χ3v) is 4.86. The average molecular weight is 454 g/mol. The predicted octanol–water partition coefficient (Wildman–Crippen LogP) is 5.23. The molecule has 0 unspecified atom stereocenters. The van der Waals surface area contributed by atoms with Crippen LogP contribution in [0.25, 0.3) is 0 Å². The molecule has 0 aliphatic rings. The van der Waals surface area contributed by atoms with E-state index < -0.39 is 5.91 Å². The van der Waals surface area contributed by atoms with Crippen molar-refractivity contribution in [2.24, 2.45) is 0 Å². The molecule has 176 valence electrons. The lowest BCUT2D eigenvalue weighted by Crippen LogP contribution is -2.13. The number of nitrogens with zero attached hydrogens (tertiary/aromatic N) is 2. The summed E-state index contributed by atoms with van der Waals surface area (Å²) in [7, 11) is 0. The van der Waals surface area contributed by atoms with E-state index in [9.17, 15) is 4.79 Å². The van der Waals surface area contributed by atoms with Crippen molar-refractivity contribution in [1.29, 1.82) is 0 Å². The summed E-state index contributed by atoms with van der Waals surface area (Å²) in [6.45, 7) is 11.2. The molecule has 0 aliphatic heterocycles. The van der Waals surface area contributed by atoms with Crippen LogP contribution in [0.1, 0.15) is 67.9 Å². The molecule has 0 saturated carbocycles. The van der Waals surface area contributed by atoms with E-state index in [1.54, 1.807) is 12.1 Å². The summed E-state index contributed by atoms with van der Waals surface area (Å²) in [5.74, 6) is 1.81. The van der Waals surface area contributed by atoms with Crippen molar-refractivity contribution >= 4 is 11.9 Å². The average Bonchev–Trinajstić information content (AvgIpc) is 3.23. The molecule has 0 radical (unpaired) electrons. The van der Waals surface area contributed by atoms with Gasteiger partial charge in [0.05, 0.1) is 26.2 Å². The van der Waals surface area contributed by atoms with Gasteiger partial charge in [-0.25, -0.2) is 0 Å². The van der Waals surface area contributed by atoms with E-state index in [0.717, 1.165) is 5.56 Å². The Morgan fingerprint density at radius 3 is 2.09 bits per heavy atom. The lowest BCUT2D eigenvalue weighted by Gasteiger charge is -2.16. The van der Waals surface area contributed by atoms with Gasteiger partial charge >= 0.3 is 6.01 Å². The van der Waals surface area contributed by atoms with Gasteiger partial charge in [0.25, 0.3) is 5.91 Å². The molecule has 8 heteroatoms. The molecule has 1 aromatic heterocycles. The Kier molecular flexibility index (Phi) is 8.29. The Balaban J connectivity index is 1.75. The summed E-state index contributed by atoms with van der Waals surface area (Å²) in [5.41, 5.74) is 2.65. The first kappa shape index (κ1) is 24.1. The Morgan fingerprint density at radius 1 is 0.939 bits per heavy atom. The Bertz CT molecular complexity index is 1030. The molecule has 3 aromatic rings. The number of hydrogen-bond acceptors (Lipinski definition) is 7. The van der Waals surface area contributed by atoms with Gasteiger partial charge < -0.3 is 18.6 Å². The van der Waals surface area contributed by atoms with E-state index in [0.29, 0.717) is 60.9 Å². The fourth-order valence-corrected chi connectivity index (χ4v) is 3.26. The van der Waals surface area contributed by atoms with Gasteiger partial charge in [-0.05, 0) is 49.9 Å². The zero-order valence-corrected chi connectivity index (χ0v) is 19.8. The summed E-state index contributed by atoms with van der Waals surface area (Å²) in [6.07, 6.45) is 0.479. The first-order chi connectivity index (χ1) is 15.9. The quantitative estimate of drug-likeness (QED) is 0.424. The van der Waals surface area contributed by atoms with Crippen molar-refractivity contribution in [3.05, 3.63) is 59.0 Å². The number of carbonyl (C=O) groups excluding carboxylic acids is 1. The Hall–Kier alpha value is -3.55. The summed E-state index contributed by atoms with van der Waals surface area (Å²) in [6, 6.07) is 11.5. The van der Waals surface area contributed by atoms with Gasteiger partial charge in [0.15, 0.2) is 11.5 Å². The van der Waals surface area contributed by atoms with Crippen LogP contribution in [-0.4, -0.2) is 35.9 Å². The number of hydrogen-bond donors (Lipinski definition) is 1. The molecule has 0 spiro atoms. The number of rotatable bonds is 11. The number of nitrogens with one attached hydrogen (secondary N) is 1. The van der Waals surface area contributed by atoms with Gasteiger partial charge in [-0.2, -0.15) is 0 Å². The largest absolute Gasteiger partial charge is 0.490 e. The maximum absolute atomic E-state index is 12.9.